The SMILES string of the molecule is C=Cc1cc2c3c(cc(N4C=NCCC4)cc3c1O)C(=O)N(CCNCCCNCCN1C(=O)c3cccc4c5c(cc(c34)C1=O)CC(C)O5)C2=O.CC. The number of carbonyl (C=O) groups is 4. The van der Waals surface area contributed by atoms with E-state index in [2.05, 4.69) is 22.2 Å². The number of fused-ring (bicyclic) bond motifs is 2. The Labute approximate surface area is 314 Å². The maximum absolute atomic E-state index is 13.8. The average molecular weight is 731 g/mol. The maximum Gasteiger partial charge on any atom is 0.261 e. The molecule has 3 N–H and O–H groups in total. The molecule has 0 fully saturated rings. The molecule has 8 rings (SSSR count). The minimum absolute atomic E-state index is 0.0136. The molecule has 4 aliphatic heterocycles. The summed E-state index contributed by atoms with van der Waals surface area (Å²) in [5.74, 6) is -0.632. The number of ether oxygens (including phenoxy) is 1. The van der Waals surface area contributed by atoms with Gasteiger partial charge in [-0.25, -0.2) is 0 Å². The van der Waals surface area contributed by atoms with Crippen molar-refractivity contribution in [3.05, 3.63) is 82.4 Å². The summed E-state index contributed by atoms with van der Waals surface area (Å²) in [4.78, 5) is 63.2. The van der Waals surface area contributed by atoms with Gasteiger partial charge >= 0.3 is 0 Å². The Bertz CT molecular complexity index is 2230. The zero-order valence-electron chi connectivity index (χ0n) is 31.0. The minimum atomic E-state index is -0.408. The van der Waals surface area contributed by atoms with Crippen LogP contribution < -0.4 is 20.3 Å². The normalized spacial score (nSPS) is 17.2. The van der Waals surface area contributed by atoms with Gasteiger partial charge < -0.3 is 25.4 Å². The van der Waals surface area contributed by atoms with Gasteiger partial charge in [-0.2, -0.15) is 0 Å². The summed E-state index contributed by atoms with van der Waals surface area (Å²) < 4.78 is 6.02. The number of nitrogens with zero attached hydrogens (tertiary/aromatic N) is 4. The molecule has 4 aromatic carbocycles. The number of phenolic OH excluding ortho intramolecular Hbond substituents is 1. The first-order valence-electron chi connectivity index (χ1n) is 18.9. The van der Waals surface area contributed by atoms with Gasteiger partial charge in [0.25, 0.3) is 23.6 Å². The summed E-state index contributed by atoms with van der Waals surface area (Å²) >= 11 is 0. The van der Waals surface area contributed by atoms with E-state index in [1.165, 1.54) is 15.9 Å². The Kier molecular flexibility index (Phi) is 10.5. The van der Waals surface area contributed by atoms with E-state index >= 15 is 0 Å². The van der Waals surface area contributed by atoms with E-state index in [-0.39, 0.29) is 36.8 Å². The van der Waals surface area contributed by atoms with E-state index in [1.807, 2.05) is 43.9 Å². The van der Waals surface area contributed by atoms with Gasteiger partial charge in [0, 0.05) is 95.2 Å². The van der Waals surface area contributed by atoms with Crippen molar-refractivity contribution in [2.45, 2.75) is 46.1 Å². The second-order valence-electron chi connectivity index (χ2n) is 13.7. The molecule has 12 heteroatoms. The van der Waals surface area contributed by atoms with Crippen molar-refractivity contribution in [3.8, 4) is 11.5 Å². The number of imide groups is 2. The molecule has 0 saturated carbocycles. The lowest BCUT2D eigenvalue weighted by Gasteiger charge is -2.30. The number of phenols is 1. The molecule has 0 saturated heterocycles. The van der Waals surface area contributed by atoms with E-state index in [0.29, 0.717) is 70.2 Å². The third kappa shape index (κ3) is 6.39. The van der Waals surface area contributed by atoms with Crippen molar-refractivity contribution < 1.29 is 29.0 Å². The molecular weight excluding hydrogens is 684 g/mol. The van der Waals surface area contributed by atoms with E-state index in [0.717, 1.165) is 54.7 Å². The third-order valence-corrected chi connectivity index (χ3v) is 10.3. The molecule has 0 spiro atoms. The van der Waals surface area contributed by atoms with Crippen molar-refractivity contribution in [3.63, 3.8) is 0 Å². The molecule has 1 unspecified atom stereocenters. The molecule has 0 aliphatic carbocycles. The van der Waals surface area contributed by atoms with E-state index < -0.39 is 11.8 Å². The number of anilines is 1. The third-order valence-electron chi connectivity index (χ3n) is 10.3. The van der Waals surface area contributed by atoms with Crippen molar-refractivity contribution in [1.29, 1.82) is 0 Å². The predicted octanol–water partition coefficient (Wildman–Crippen LogP) is 5.39. The van der Waals surface area contributed by atoms with Gasteiger partial charge in [-0.1, -0.05) is 38.6 Å². The van der Waals surface area contributed by atoms with Crippen LogP contribution in [-0.4, -0.2) is 103 Å². The molecule has 0 radical (unpaired) electrons. The van der Waals surface area contributed by atoms with Crippen LogP contribution in [0, 0.1) is 0 Å². The number of nitrogens with one attached hydrogen (secondary N) is 2. The average Bonchev–Trinajstić information content (AvgIpc) is 3.59. The zero-order valence-corrected chi connectivity index (χ0v) is 31.0. The van der Waals surface area contributed by atoms with Gasteiger partial charge in [0.2, 0.25) is 0 Å². The number of benzene rings is 4. The first-order valence-corrected chi connectivity index (χ1v) is 18.9. The van der Waals surface area contributed by atoms with Crippen LogP contribution in [0.1, 0.15) is 86.2 Å². The molecular formula is C42H46N6O6. The highest BCUT2D eigenvalue weighted by molar-refractivity contribution is 6.28. The number of amides is 4. The molecule has 1 atom stereocenters. The van der Waals surface area contributed by atoms with Crippen LogP contribution in [0.15, 0.2) is 54.0 Å². The molecule has 54 heavy (non-hydrogen) atoms. The number of carbonyl (C=O) groups excluding carboxylic acids is 4. The highest BCUT2D eigenvalue weighted by Crippen LogP contribution is 2.43. The first-order chi connectivity index (χ1) is 26.3. The second-order valence-corrected chi connectivity index (χ2v) is 13.7. The molecule has 4 aliphatic rings. The largest absolute Gasteiger partial charge is 0.507 e. The fraction of sp³-hybridized carbons (Fsp3) is 0.357. The molecule has 4 heterocycles. The Morgan fingerprint density at radius 2 is 1.48 bits per heavy atom. The number of hydrogen-bond donors (Lipinski definition) is 3. The standard InChI is InChI=1S/C40H40N6O6.C2H6/c1-3-24-18-30-34-29(35(24)47)20-26(44-14-6-11-43-22-44)21-32(34)40(51)46(38(30)49)16-13-42-10-5-9-41-12-15-45-37(48)28-8-4-7-27-33(28)31(39(45)50)19-25-17-23(2)52-36(25)27;1-2/h3-4,7-8,18-23,41-42,47H,1,5-6,9-17H2,2H3;1-2H3. The molecule has 0 aromatic heterocycles. The van der Waals surface area contributed by atoms with E-state index in [1.54, 1.807) is 30.6 Å². The van der Waals surface area contributed by atoms with Gasteiger partial charge in [-0.3, -0.25) is 34.0 Å². The van der Waals surface area contributed by atoms with Crippen LogP contribution in [0.3, 0.4) is 0 Å². The monoisotopic (exact) mass is 730 g/mol. The Morgan fingerprint density at radius 1 is 0.852 bits per heavy atom. The van der Waals surface area contributed by atoms with Gasteiger partial charge in [-0.05, 0) is 68.8 Å². The Morgan fingerprint density at radius 3 is 2.13 bits per heavy atom. The van der Waals surface area contributed by atoms with E-state index in [9.17, 15) is 24.3 Å². The molecule has 4 aromatic rings. The summed E-state index contributed by atoms with van der Waals surface area (Å²) in [6.45, 7) is 13.8. The molecule has 0 bridgehead atoms. The summed E-state index contributed by atoms with van der Waals surface area (Å²) in [6, 6.07) is 12.6. The van der Waals surface area contributed by atoms with Crippen molar-refractivity contribution in [2.24, 2.45) is 4.99 Å². The van der Waals surface area contributed by atoms with Gasteiger partial charge in [-0.15, -0.1) is 0 Å². The predicted molar refractivity (Wildman–Crippen MR) is 211 cm³/mol. The van der Waals surface area contributed by atoms with E-state index in [4.69, 9.17) is 4.74 Å². The van der Waals surface area contributed by atoms with Crippen LogP contribution >= 0.6 is 0 Å². The van der Waals surface area contributed by atoms with Crippen LogP contribution in [0.5, 0.6) is 11.5 Å². The number of aliphatic imine (C=N–C) groups is 1. The van der Waals surface area contributed by atoms with Crippen LogP contribution in [0.25, 0.3) is 27.6 Å². The fourth-order valence-electron chi connectivity index (χ4n) is 7.81. The highest BCUT2D eigenvalue weighted by Gasteiger charge is 2.37. The number of hydrogen-bond acceptors (Lipinski definition) is 10. The van der Waals surface area contributed by atoms with Crippen molar-refractivity contribution in [1.82, 2.24) is 20.4 Å². The molecule has 280 valence electrons. The lowest BCUT2D eigenvalue weighted by molar-refractivity contribution is 0.0597. The van der Waals surface area contributed by atoms with Crippen molar-refractivity contribution >= 4 is 63.3 Å². The number of aromatic hydroxyl groups is 1. The maximum atomic E-state index is 13.8. The summed E-state index contributed by atoms with van der Waals surface area (Å²) in [5.41, 5.74) is 3.95. The van der Waals surface area contributed by atoms with Gasteiger partial charge in [0.15, 0.2) is 0 Å². The lowest BCUT2D eigenvalue weighted by Crippen LogP contribution is -2.44. The Balaban J connectivity index is 0.00000221. The minimum Gasteiger partial charge on any atom is -0.507 e. The topological polar surface area (TPSA) is 144 Å². The van der Waals surface area contributed by atoms with Crippen molar-refractivity contribution in [2.75, 3.05) is 57.3 Å². The highest BCUT2D eigenvalue weighted by atomic mass is 16.5. The van der Waals surface area contributed by atoms with Gasteiger partial charge in [0.05, 0.1) is 11.9 Å². The molecule has 12 nitrogen and oxygen atoms in total. The second kappa shape index (κ2) is 15.4. The zero-order chi connectivity index (χ0) is 38.1. The smallest absolute Gasteiger partial charge is 0.261 e. The molecule has 4 amide bonds. The summed E-state index contributed by atoms with van der Waals surface area (Å²) in [6.07, 6.45) is 5.63. The van der Waals surface area contributed by atoms with Crippen LogP contribution in [-0.2, 0) is 6.42 Å². The quantitative estimate of drug-likeness (QED) is 0.129. The summed E-state index contributed by atoms with van der Waals surface area (Å²) in [7, 11) is 0. The fourth-order valence-corrected chi connectivity index (χ4v) is 7.81. The first kappa shape index (κ1) is 36.8. The summed E-state index contributed by atoms with van der Waals surface area (Å²) in [5, 5.41) is 20.1. The van der Waals surface area contributed by atoms with Crippen LogP contribution in [0.4, 0.5) is 5.69 Å². The number of rotatable bonds is 12. The Hall–Kier alpha value is -5.59. The lowest BCUT2D eigenvalue weighted by atomic mass is 9.90. The van der Waals surface area contributed by atoms with Crippen LogP contribution in [0.2, 0.25) is 0 Å². The van der Waals surface area contributed by atoms with Gasteiger partial charge in [0.1, 0.15) is 17.6 Å².